The van der Waals surface area contributed by atoms with E-state index in [1.54, 1.807) is 12.3 Å². The second kappa shape index (κ2) is 3.79. The second-order valence-corrected chi connectivity index (χ2v) is 4.88. The summed E-state index contributed by atoms with van der Waals surface area (Å²) in [7, 11) is 0. The predicted octanol–water partition coefficient (Wildman–Crippen LogP) is 1.77. The Morgan fingerprint density at radius 2 is 2.19 bits per heavy atom. The van der Waals surface area contributed by atoms with Crippen molar-refractivity contribution in [1.82, 2.24) is 10.4 Å². The lowest BCUT2D eigenvalue weighted by molar-refractivity contribution is 0.409. The van der Waals surface area contributed by atoms with E-state index in [-0.39, 0.29) is 11.9 Å². The Bertz CT molecular complexity index is 386. The number of nitrogens with zero attached hydrogens (tertiary/aromatic N) is 1. The SMILES string of the molecule is NNC(c1ccncc1F)C1C2CCCC21. The topological polar surface area (TPSA) is 50.9 Å². The number of aromatic nitrogens is 1. The molecule has 0 aliphatic heterocycles. The maximum absolute atomic E-state index is 13.6. The smallest absolute Gasteiger partial charge is 0.146 e. The van der Waals surface area contributed by atoms with Gasteiger partial charge in [0.05, 0.1) is 12.2 Å². The van der Waals surface area contributed by atoms with Gasteiger partial charge >= 0.3 is 0 Å². The van der Waals surface area contributed by atoms with E-state index in [1.165, 1.54) is 25.5 Å². The zero-order valence-electron chi connectivity index (χ0n) is 9.07. The molecule has 1 aromatic heterocycles. The van der Waals surface area contributed by atoms with Crippen LogP contribution >= 0.6 is 0 Å². The van der Waals surface area contributed by atoms with E-state index in [0.717, 1.165) is 11.8 Å². The normalized spacial score (nSPS) is 33.5. The van der Waals surface area contributed by atoms with Gasteiger partial charge in [-0.2, -0.15) is 0 Å². The fraction of sp³-hybridized carbons (Fsp3) is 0.583. The van der Waals surface area contributed by atoms with Crippen LogP contribution in [0.5, 0.6) is 0 Å². The Balaban J connectivity index is 1.84. The molecule has 3 rings (SSSR count). The Labute approximate surface area is 94.2 Å². The molecule has 2 fully saturated rings. The maximum atomic E-state index is 13.6. The molecule has 3 N–H and O–H groups in total. The van der Waals surface area contributed by atoms with Crippen molar-refractivity contribution < 1.29 is 4.39 Å². The molecule has 0 amide bonds. The summed E-state index contributed by atoms with van der Waals surface area (Å²) in [6.45, 7) is 0. The van der Waals surface area contributed by atoms with Crippen molar-refractivity contribution in [3.63, 3.8) is 0 Å². The molecule has 0 saturated heterocycles. The minimum atomic E-state index is -0.254. The van der Waals surface area contributed by atoms with Crippen LogP contribution in [-0.2, 0) is 0 Å². The predicted molar refractivity (Wildman–Crippen MR) is 58.6 cm³/mol. The number of halogens is 1. The van der Waals surface area contributed by atoms with Crippen molar-refractivity contribution in [2.24, 2.45) is 23.6 Å². The van der Waals surface area contributed by atoms with Gasteiger partial charge in [-0.15, -0.1) is 0 Å². The zero-order valence-corrected chi connectivity index (χ0v) is 9.07. The molecule has 86 valence electrons. The highest BCUT2D eigenvalue weighted by Gasteiger charge is 2.56. The molecule has 2 saturated carbocycles. The number of pyridine rings is 1. The Morgan fingerprint density at radius 1 is 1.44 bits per heavy atom. The first-order valence-electron chi connectivity index (χ1n) is 5.88. The monoisotopic (exact) mass is 221 g/mol. The fourth-order valence-electron chi connectivity index (χ4n) is 3.42. The summed E-state index contributed by atoms with van der Waals surface area (Å²) >= 11 is 0. The molecule has 0 radical (unpaired) electrons. The van der Waals surface area contributed by atoms with E-state index in [0.29, 0.717) is 11.5 Å². The van der Waals surface area contributed by atoms with E-state index in [1.807, 2.05) is 0 Å². The molecular weight excluding hydrogens is 205 g/mol. The average Bonchev–Trinajstić information content (AvgIpc) is 2.76. The summed E-state index contributed by atoms with van der Waals surface area (Å²) in [6, 6.07) is 1.69. The van der Waals surface area contributed by atoms with Crippen molar-refractivity contribution >= 4 is 0 Å². The third kappa shape index (κ3) is 1.44. The van der Waals surface area contributed by atoms with Gasteiger partial charge in [0.15, 0.2) is 0 Å². The minimum absolute atomic E-state index is 0.0432. The highest BCUT2D eigenvalue weighted by atomic mass is 19.1. The molecule has 16 heavy (non-hydrogen) atoms. The van der Waals surface area contributed by atoms with Gasteiger partial charge in [-0.25, -0.2) is 4.39 Å². The molecular formula is C12H16FN3. The number of fused-ring (bicyclic) bond motifs is 1. The van der Waals surface area contributed by atoms with E-state index in [9.17, 15) is 4.39 Å². The standard InChI is InChI=1S/C12H16FN3/c13-10-6-15-5-4-9(10)12(16-14)11-7-2-1-3-8(7)11/h4-8,11-12,16H,1-3,14H2. The highest BCUT2D eigenvalue weighted by molar-refractivity contribution is 5.22. The summed E-state index contributed by atoms with van der Waals surface area (Å²) in [5.41, 5.74) is 3.45. The van der Waals surface area contributed by atoms with Gasteiger partial charge in [-0.3, -0.25) is 16.3 Å². The lowest BCUT2D eigenvalue weighted by Crippen LogP contribution is -2.31. The average molecular weight is 221 g/mol. The largest absolute Gasteiger partial charge is 0.271 e. The van der Waals surface area contributed by atoms with E-state index < -0.39 is 0 Å². The van der Waals surface area contributed by atoms with Crippen LogP contribution in [0.3, 0.4) is 0 Å². The van der Waals surface area contributed by atoms with E-state index in [2.05, 4.69) is 10.4 Å². The number of nitrogens with one attached hydrogen (secondary N) is 1. The van der Waals surface area contributed by atoms with Gasteiger partial charge in [0, 0.05) is 11.8 Å². The molecule has 3 atom stereocenters. The van der Waals surface area contributed by atoms with Gasteiger partial charge in [0.1, 0.15) is 5.82 Å². The molecule has 3 nitrogen and oxygen atoms in total. The van der Waals surface area contributed by atoms with Crippen molar-refractivity contribution in [1.29, 1.82) is 0 Å². The lowest BCUT2D eigenvalue weighted by Gasteiger charge is -2.18. The molecule has 0 aromatic carbocycles. The third-order valence-electron chi connectivity index (χ3n) is 4.18. The summed E-state index contributed by atoms with van der Waals surface area (Å²) in [6.07, 6.45) is 6.77. The van der Waals surface area contributed by atoms with Crippen LogP contribution in [0.15, 0.2) is 18.5 Å². The van der Waals surface area contributed by atoms with Crippen LogP contribution in [0.25, 0.3) is 0 Å². The summed E-state index contributed by atoms with van der Waals surface area (Å²) in [5.74, 6) is 7.37. The second-order valence-electron chi connectivity index (χ2n) is 4.88. The Hall–Kier alpha value is -1.00. The molecule has 3 unspecified atom stereocenters. The first kappa shape index (κ1) is 10.2. The fourth-order valence-corrected chi connectivity index (χ4v) is 3.42. The number of hydrazine groups is 1. The lowest BCUT2D eigenvalue weighted by atomic mass is 9.98. The number of nitrogens with two attached hydrogens (primary N) is 1. The van der Waals surface area contributed by atoms with Crippen LogP contribution in [0, 0.1) is 23.6 Å². The van der Waals surface area contributed by atoms with Crippen LogP contribution < -0.4 is 11.3 Å². The van der Waals surface area contributed by atoms with E-state index >= 15 is 0 Å². The van der Waals surface area contributed by atoms with E-state index in [4.69, 9.17) is 5.84 Å². The Morgan fingerprint density at radius 3 is 2.81 bits per heavy atom. The molecule has 1 heterocycles. The molecule has 4 heteroatoms. The van der Waals surface area contributed by atoms with Gasteiger partial charge in [-0.1, -0.05) is 6.42 Å². The van der Waals surface area contributed by atoms with Crippen LogP contribution in [0.2, 0.25) is 0 Å². The summed E-state index contributed by atoms with van der Waals surface area (Å²) in [5, 5.41) is 0. The quantitative estimate of drug-likeness (QED) is 0.604. The number of rotatable bonds is 3. The van der Waals surface area contributed by atoms with Crippen molar-refractivity contribution in [2.75, 3.05) is 0 Å². The molecule has 0 bridgehead atoms. The summed E-state index contributed by atoms with van der Waals surface area (Å²) < 4.78 is 13.6. The van der Waals surface area contributed by atoms with Crippen LogP contribution in [0.1, 0.15) is 30.9 Å². The Kier molecular flexibility index (Phi) is 2.41. The molecule has 2 aliphatic rings. The molecule has 0 spiro atoms. The summed E-state index contributed by atoms with van der Waals surface area (Å²) in [4.78, 5) is 3.77. The van der Waals surface area contributed by atoms with Crippen LogP contribution in [0.4, 0.5) is 4.39 Å². The van der Waals surface area contributed by atoms with Gasteiger partial charge in [0.2, 0.25) is 0 Å². The third-order valence-corrected chi connectivity index (χ3v) is 4.18. The van der Waals surface area contributed by atoms with Crippen molar-refractivity contribution in [2.45, 2.75) is 25.3 Å². The first-order chi connectivity index (χ1) is 7.83. The molecule has 1 aromatic rings. The van der Waals surface area contributed by atoms with Gasteiger partial charge < -0.3 is 0 Å². The first-order valence-corrected chi connectivity index (χ1v) is 5.88. The number of hydrogen-bond donors (Lipinski definition) is 2. The van der Waals surface area contributed by atoms with Gasteiger partial charge in [-0.05, 0) is 36.7 Å². The van der Waals surface area contributed by atoms with Crippen LogP contribution in [-0.4, -0.2) is 4.98 Å². The highest BCUT2D eigenvalue weighted by Crippen LogP contribution is 2.62. The van der Waals surface area contributed by atoms with Crippen molar-refractivity contribution in [3.8, 4) is 0 Å². The van der Waals surface area contributed by atoms with Crippen molar-refractivity contribution in [3.05, 3.63) is 29.8 Å². The van der Waals surface area contributed by atoms with Gasteiger partial charge in [0.25, 0.3) is 0 Å². The molecule has 2 aliphatic carbocycles. The number of hydrogen-bond acceptors (Lipinski definition) is 3. The zero-order chi connectivity index (χ0) is 11.1. The maximum Gasteiger partial charge on any atom is 0.146 e. The minimum Gasteiger partial charge on any atom is -0.271 e.